The minimum absolute atomic E-state index is 0.174. The molecular weight excluding hydrogens is 210 g/mol. The normalized spacial score (nSPS) is 17.8. The first-order valence-electron chi connectivity index (χ1n) is 6.29. The third-order valence-corrected chi connectivity index (χ3v) is 2.93. The first-order chi connectivity index (χ1) is 7.93. The molecule has 1 aliphatic rings. The number of hydrogen-bond donors (Lipinski definition) is 0. The zero-order valence-corrected chi connectivity index (χ0v) is 11.5. The van der Waals surface area contributed by atoms with Crippen LogP contribution in [0.25, 0.3) is 0 Å². The Bertz CT molecular complexity index is 372. The van der Waals surface area contributed by atoms with Gasteiger partial charge in [0.25, 0.3) is 0 Å². The van der Waals surface area contributed by atoms with Gasteiger partial charge in [0, 0.05) is 18.2 Å². The van der Waals surface area contributed by atoms with Crippen LogP contribution in [0.3, 0.4) is 0 Å². The van der Waals surface area contributed by atoms with Crippen molar-refractivity contribution < 1.29 is 4.79 Å². The quantitative estimate of drug-likeness (QED) is 0.682. The van der Waals surface area contributed by atoms with Crippen molar-refractivity contribution in [1.29, 1.82) is 0 Å². The molecule has 0 bridgehead atoms. The first-order valence-corrected chi connectivity index (χ1v) is 6.29. The van der Waals surface area contributed by atoms with Gasteiger partial charge in [0.2, 0.25) is 5.91 Å². The summed E-state index contributed by atoms with van der Waals surface area (Å²) in [5.41, 5.74) is 2.02. The molecule has 0 spiro atoms. The summed E-state index contributed by atoms with van der Waals surface area (Å²) in [5.74, 6) is 0.736. The van der Waals surface area contributed by atoms with E-state index in [4.69, 9.17) is 0 Å². The van der Waals surface area contributed by atoms with Gasteiger partial charge in [-0.15, -0.1) is 0 Å². The molecule has 1 rings (SSSR count). The van der Waals surface area contributed by atoms with Crippen molar-refractivity contribution in [1.82, 2.24) is 4.90 Å². The Morgan fingerprint density at radius 3 is 2.29 bits per heavy atom. The van der Waals surface area contributed by atoms with E-state index in [1.807, 2.05) is 24.0 Å². The molecule has 0 aromatic rings. The van der Waals surface area contributed by atoms with Gasteiger partial charge < -0.3 is 4.90 Å². The topological polar surface area (TPSA) is 20.3 Å². The van der Waals surface area contributed by atoms with Crippen molar-refractivity contribution in [2.24, 2.45) is 5.92 Å². The molecule has 1 amide bonds. The molecule has 1 aliphatic heterocycles. The molecule has 0 atom stereocenters. The smallest absolute Gasteiger partial charge is 0.250 e. The second-order valence-electron chi connectivity index (χ2n) is 5.17. The minimum atomic E-state index is 0.174. The van der Waals surface area contributed by atoms with Crippen molar-refractivity contribution in [3.63, 3.8) is 0 Å². The van der Waals surface area contributed by atoms with Crippen molar-refractivity contribution in [3.05, 3.63) is 35.5 Å². The number of hydrogen-bond acceptors (Lipinski definition) is 1. The summed E-state index contributed by atoms with van der Waals surface area (Å²) >= 11 is 0. The van der Waals surface area contributed by atoms with E-state index >= 15 is 0 Å². The molecule has 0 N–H and O–H groups in total. The lowest BCUT2D eigenvalue weighted by molar-refractivity contribution is -0.126. The summed E-state index contributed by atoms with van der Waals surface area (Å²) < 4.78 is 0. The van der Waals surface area contributed by atoms with Crippen LogP contribution in [0.2, 0.25) is 0 Å². The van der Waals surface area contributed by atoms with Gasteiger partial charge in [-0.25, -0.2) is 0 Å². The molecule has 0 unspecified atom stereocenters. The van der Waals surface area contributed by atoms with Gasteiger partial charge in [0.05, 0.1) is 0 Å². The Morgan fingerprint density at radius 2 is 1.82 bits per heavy atom. The van der Waals surface area contributed by atoms with Crippen LogP contribution in [-0.4, -0.2) is 23.4 Å². The van der Waals surface area contributed by atoms with E-state index in [-0.39, 0.29) is 11.9 Å². The Hall–Kier alpha value is -1.31. The second kappa shape index (κ2) is 5.85. The van der Waals surface area contributed by atoms with E-state index in [9.17, 15) is 4.79 Å². The lowest BCUT2D eigenvalue weighted by Crippen LogP contribution is -2.33. The maximum Gasteiger partial charge on any atom is 0.250 e. The highest BCUT2D eigenvalue weighted by molar-refractivity contribution is 5.97. The minimum Gasteiger partial charge on any atom is -0.332 e. The summed E-state index contributed by atoms with van der Waals surface area (Å²) in [6.07, 6.45) is 8.27. The fraction of sp³-hybridized carbons (Fsp3) is 0.533. The van der Waals surface area contributed by atoms with Gasteiger partial charge in [0.1, 0.15) is 0 Å². The number of carbonyl (C=O) groups excluding carboxylic acids is 1. The summed E-state index contributed by atoms with van der Waals surface area (Å²) in [6.45, 7) is 11.1. The molecule has 0 aliphatic carbocycles. The van der Waals surface area contributed by atoms with E-state index < -0.39 is 0 Å². The van der Waals surface area contributed by atoms with Crippen LogP contribution in [0.4, 0.5) is 0 Å². The molecule has 2 nitrogen and oxygen atoms in total. The van der Waals surface area contributed by atoms with Crippen LogP contribution in [0, 0.1) is 5.92 Å². The Labute approximate surface area is 105 Å². The summed E-state index contributed by atoms with van der Waals surface area (Å²) in [4.78, 5) is 13.8. The molecule has 0 aromatic carbocycles. The van der Waals surface area contributed by atoms with E-state index in [1.165, 1.54) is 0 Å². The fourth-order valence-corrected chi connectivity index (χ4v) is 1.78. The number of carbonyl (C=O) groups is 1. The molecule has 2 heteroatoms. The first kappa shape index (κ1) is 13.8. The van der Waals surface area contributed by atoms with Crippen molar-refractivity contribution in [2.75, 3.05) is 6.54 Å². The molecule has 0 fully saturated rings. The average molecular weight is 233 g/mol. The highest BCUT2D eigenvalue weighted by atomic mass is 16.2. The highest BCUT2D eigenvalue weighted by Crippen LogP contribution is 2.21. The molecule has 0 saturated heterocycles. The average Bonchev–Trinajstić information content (AvgIpc) is 2.52. The van der Waals surface area contributed by atoms with Gasteiger partial charge in [-0.3, -0.25) is 4.79 Å². The van der Waals surface area contributed by atoms with Gasteiger partial charge in [-0.2, -0.15) is 0 Å². The third kappa shape index (κ3) is 3.58. The van der Waals surface area contributed by atoms with E-state index in [0.717, 1.165) is 17.7 Å². The van der Waals surface area contributed by atoms with Crippen LogP contribution in [0.1, 0.15) is 34.6 Å². The molecule has 0 radical (unpaired) electrons. The lowest BCUT2D eigenvalue weighted by Gasteiger charge is -2.20. The number of allylic oxidation sites excluding steroid dienone is 3. The number of nitrogens with zero attached hydrogens (tertiary/aromatic N) is 1. The zero-order valence-electron chi connectivity index (χ0n) is 11.5. The van der Waals surface area contributed by atoms with Crippen molar-refractivity contribution >= 4 is 5.91 Å². The summed E-state index contributed by atoms with van der Waals surface area (Å²) in [5, 5.41) is 0. The standard InChI is InChI=1S/C15H23NO/c1-11(2)8-6-7-9-14-10-16(12(3)4)15(17)13(14)5/h6-9,11-12H,10H2,1-5H3/b8-6+,9-7-. The maximum atomic E-state index is 11.9. The molecular formula is C15H23NO. The Morgan fingerprint density at radius 1 is 1.18 bits per heavy atom. The summed E-state index contributed by atoms with van der Waals surface area (Å²) in [6, 6.07) is 0.273. The molecule has 0 saturated carbocycles. The Balaban J connectivity index is 2.70. The largest absolute Gasteiger partial charge is 0.332 e. The Kier molecular flexibility index (Phi) is 4.73. The third-order valence-electron chi connectivity index (χ3n) is 2.93. The van der Waals surface area contributed by atoms with E-state index in [0.29, 0.717) is 5.92 Å². The fourth-order valence-electron chi connectivity index (χ4n) is 1.78. The SMILES string of the molecule is CC1=C(/C=C\C=C\C(C)C)CN(C(C)C)C1=O. The molecule has 17 heavy (non-hydrogen) atoms. The maximum absolute atomic E-state index is 11.9. The van der Waals surface area contributed by atoms with Gasteiger partial charge in [-0.1, -0.05) is 38.2 Å². The van der Waals surface area contributed by atoms with Crippen molar-refractivity contribution in [2.45, 2.75) is 40.7 Å². The molecule has 1 heterocycles. The van der Waals surface area contributed by atoms with E-state index in [2.05, 4.69) is 39.8 Å². The predicted octanol–water partition coefficient (Wildman–Crippen LogP) is 3.32. The molecule has 0 aromatic heterocycles. The van der Waals surface area contributed by atoms with Crippen molar-refractivity contribution in [3.8, 4) is 0 Å². The van der Waals surface area contributed by atoms with E-state index in [1.54, 1.807) is 0 Å². The highest BCUT2D eigenvalue weighted by Gasteiger charge is 2.27. The number of rotatable bonds is 4. The predicted molar refractivity (Wildman–Crippen MR) is 72.7 cm³/mol. The van der Waals surface area contributed by atoms with Crippen LogP contribution in [0.15, 0.2) is 35.5 Å². The van der Waals surface area contributed by atoms with Crippen LogP contribution < -0.4 is 0 Å². The summed E-state index contributed by atoms with van der Waals surface area (Å²) in [7, 11) is 0. The number of amides is 1. The van der Waals surface area contributed by atoms with Crippen LogP contribution >= 0.6 is 0 Å². The van der Waals surface area contributed by atoms with Gasteiger partial charge in [0.15, 0.2) is 0 Å². The van der Waals surface area contributed by atoms with Gasteiger partial charge >= 0.3 is 0 Å². The lowest BCUT2D eigenvalue weighted by atomic mass is 10.1. The van der Waals surface area contributed by atoms with Crippen LogP contribution in [-0.2, 0) is 4.79 Å². The second-order valence-corrected chi connectivity index (χ2v) is 5.17. The molecule has 94 valence electrons. The van der Waals surface area contributed by atoms with Crippen LogP contribution in [0.5, 0.6) is 0 Å². The zero-order chi connectivity index (χ0) is 13.0. The van der Waals surface area contributed by atoms with Gasteiger partial charge in [-0.05, 0) is 32.3 Å². The monoisotopic (exact) mass is 233 g/mol.